The molecule has 66 valence electrons. The third-order valence-electron chi connectivity index (χ3n) is 1.14. The van der Waals surface area contributed by atoms with Crippen LogP contribution in [0, 0.1) is 0 Å². The van der Waals surface area contributed by atoms with Crippen LogP contribution >= 0.6 is 7.82 Å². The Morgan fingerprint density at radius 2 is 2.36 bits per heavy atom. The maximum absolute atomic E-state index is 11.6. The average Bonchev–Trinajstić information content (AvgIpc) is 2.08. The van der Waals surface area contributed by atoms with Crippen LogP contribution in [0.25, 0.3) is 0 Å². The predicted octanol–water partition coefficient (Wildman–Crippen LogP) is 0.525. The van der Waals surface area contributed by atoms with E-state index >= 15 is 0 Å². The number of rotatable bonds is 2. The first-order valence-corrected chi connectivity index (χ1v) is 4.38. The summed E-state index contributed by atoms with van der Waals surface area (Å²) >= 11 is 0. The Bertz CT molecular complexity index is 185. The first-order chi connectivity index (χ1) is 4.99. The number of phosphoric acid groups is 1. The zero-order valence-electron chi connectivity index (χ0n) is 5.41. The van der Waals surface area contributed by atoms with E-state index in [0.29, 0.717) is 0 Å². The third-order valence-corrected chi connectivity index (χ3v) is 2.16. The molecule has 0 aliphatic carbocycles. The molecule has 1 saturated heterocycles. The molecule has 1 heterocycles. The molecule has 0 N–H and O–H groups in total. The van der Waals surface area contributed by atoms with Gasteiger partial charge in [0.1, 0.15) is 0 Å². The van der Waals surface area contributed by atoms with Gasteiger partial charge in [-0.1, -0.05) is 0 Å². The fraction of sp³-hybridized carbons (Fsp3) is 1.00. The summed E-state index contributed by atoms with van der Waals surface area (Å²) in [5.41, 5.74) is 0. The highest BCUT2D eigenvalue weighted by Crippen LogP contribution is 2.46. The third kappa shape index (κ3) is 2.83. The van der Waals surface area contributed by atoms with Gasteiger partial charge in [0.05, 0.1) is 12.7 Å². The number of alkyl halides is 2. The molecule has 11 heavy (non-hydrogen) atoms. The number of hydrogen-bond donors (Lipinski definition) is 0. The summed E-state index contributed by atoms with van der Waals surface area (Å²) < 4.78 is 41.8. The van der Waals surface area contributed by atoms with Gasteiger partial charge >= 0.3 is 0 Å². The van der Waals surface area contributed by atoms with E-state index in [9.17, 15) is 18.2 Å². The van der Waals surface area contributed by atoms with Crippen LogP contribution in [0.5, 0.6) is 0 Å². The first-order valence-electron chi connectivity index (χ1n) is 2.92. The van der Waals surface area contributed by atoms with Crippen molar-refractivity contribution in [1.29, 1.82) is 0 Å². The predicted molar refractivity (Wildman–Crippen MR) is 29.1 cm³/mol. The quantitative estimate of drug-likeness (QED) is 0.591. The summed E-state index contributed by atoms with van der Waals surface area (Å²) in [4.78, 5) is 10.4. The molecule has 0 amide bonds. The summed E-state index contributed by atoms with van der Waals surface area (Å²) in [6.07, 6.45) is -4.19. The highest BCUT2D eigenvalue weighted by molar-refractivity contribution is 7.46. The summed E-state index contributed by atoms with van der Waals surface area (Å²) in [6.45, 7) is -0.300. The van der Waals surface area contributed by atoms with Crippen molar-refractivity contribution in [3.8, 4) is 0 Å². The minimum atomic E-state index is -4.24. The maximum atomic E-state index is 11.6. The van der Waals surface area contributed by atoms with E-state index in [4.69, 9.17) is 0 Å². The van der Waals surface area contributed by atoms with Crippen molar-refractivity contribution >= 4 is 7.82 Å². The zero-order chi connectivity index (χ0) is 8.48. The highest BCUT2D eigenvalue weighted by atomic mass is 31.2. The van der Waals surface area contributed by atoms with Gasteiger partial charge in [-0.15, -0.1) is 0 Å². The summed E-state index contributed by atoms with van der Waals surface area (Å²) in [6, 6.07) is 0. The van der Waals surface area contributed by atoms with Gasteiger partial charge in [0.15, 0.2) is 0 Å². The van der Waals surface area contributed by atoms with Gasteiger partial charge < -0.3 is 13.9 Å². The molecule has 0 radical (unpaired) electrons. The minimum Gasteiger partial charge on any atom is -0.756 e. The van der Waals surface area contributed by atoms with Crippen molar-refractivity contribution in [3.63, 3.8) is 0 Å². The second-order valence-corrected chi connectivity index (χ2v) is 3.46. The Balaban J connectivity index is 2.37. The SMILES string of the molecule is O=P1([O-])OCC(CC(F)F)O1. The minimum absolute atomic E-state index is 0.300. The first kappa shape index (κ1) is 9.06. The Morgan fingerprint density at radius 1 is 1.73 bits per heavy atom. The van der Waals surface area contributed by atoms with Crippen molar-refractivity contribution in [2.24, 2.45) is 0 Å². The van der Waals surface area contributed by atoms with E-state index in [2.05, 4.69) is 9.05 Å². The molecule has 0 spiro atoms. The van der Waals surface area contributed by atoms with Gasteiger partial charge in [0, 0.05) is 6.42 Å². The smallest absolute Gasteiger partial charge is 0.268 e. The molecule has 4 nitrogen and oxygen atoms in total. The Kier molecular flexibility index (Phi) is 2.59. The van der Waals surface area contributed by atoms with Crippen LogP contribution in [0.15, 0.2) is 0 Å². The number of hydrogen-bond acceptors (Lipinski definition) is 4. The average molecular weight is 187 g/mol. The van der Waals surface area contributed by atoms with Gasteiger partial charge in [-0.3, -0.25) is 4.57 Å². The lowest BCUT2D eigenvalue weighted by atomic mass is 10.3. The lowest BCUT2D eigenvalue weighted by Crippen LogP contribution is -2.13. The monoisotopic (exact) mass is 187 g/mol. The molecule has 0 aromatic heterocycles. The molecule has 0 aromatic carbocycles. The second kappa shape index (κ2) is 3.15. The van der Waals surface area contributed by atoms with Crippen molar-refractivity contribution in [3.05, 3.63) is 0 Å². The maximum Gasteiger partial charge on any atom is 0.268 e. The summed E-state index contributed by atoms with van der Waals surface area (Å²) in [5.74, 6) is 0. The van der Waals surface area contributed by atoms with E-state index in [1.54, 1.807) is 0 Å². The highest BCUT2D eigenvalue weighted by Gasteiger charge is 2.29. The molecular formula is C4H6F2O4P-. The molecule has 1 aliphatic rings. The molecule has 2 atom stereocenters. The van der Waals surface area contributed by atoms with Crippen molar-refractivity contribution in [1.82, 2.24) is 0 Å². The molecule has 1 fully saturated rings. The van der Waals surface area contributed by atoms with E-state index in [-0.39, 0.29) is 6.61 Å². The van der Waals surface area contributed by atoms with Crippen LogP contribution in [0.3, 0.4) is 0 Å². The Hall–Kier alpha value is -0.0300. The molecular weight excluding hydrogens is 181 g/mol. The van der Waals surface area contributed by atoms with Crippen molar-refractivity contribution in [2.75, 3.05) is 6.61 Å². The molecule has 2 unspecified atom stereocenters. The standard InChI is InChI=1S/C4H7F2O4P/c5-4(6)1-3-2-9-11(7,8)10-3/h3-4H,1-2H2,(H,7,8)/p-1. The molecule has 0 aromatic rings. The van der Waals surface area contributed by atoms with E-state index in [0.717, 1.165) is 0 Å². The van der Waals surface area contributed by atoms with Crippen LogP contribution in [0.4, 0.5) is 8.78 Å². The largest absolute Gasteiger partial charge is 0.756 e. The topological polar surface area (TPSA) is 58.6 Å². The fourth-order valence-corrected chi connectivity index (χ4v) is 1.65. The van der Waals surface area contributed by atoms with Gasteiger partial charge in [-0.25, -0.2) is 8.78 Å². The van der Waals surface area contributed by atoms with Gasteiger partial charge in [-0.2, -0.15) is 0 Å². The Labute approximate surface area is 61.7 Å². The normalized spacial score (nSPS) is 38.4. The number of halogens is 2. The number of phosphoric ester groups is 1. The van der Waals surface area contributed by atoms with Crippen LogP contribution < -0.4 is 4.89 Å². The van der Waals surface area contributed by atoms with Gasteiger partial charge in [-0.05, 0) is 0 Å². The van der Waals surface area contributed by atoms with E-state index < -0.39 is 26.8 Å². The van der Waals surface area contributed by atoms with E-state index in [1.165, 1.54) is 0 Å². The fourth-order valence-electron chi connectivity index (χ4n) is 0.728. The van der Waals surface area contributed by atoms with Crippen molar-refractivity contribution in [2.45, 2.75) is 19.0 Å². The summed E-state index contributed by atoms with van der Waals surface area (Å²) in [7, 11) is -4.24. The summed E-state index contributed by atoms with van der Waals surface area (Å²) in [5, 5.41) is 0. The van der Waals surface area contributed by atoms with Crippen LogP contribution in [0.2, 0.25) is 0 Å². The van der Waals surface area contributed by atoms with Gasteiger partial charge in [0.2, 0.25) is 6.43 Å². The zero-order valence-corrected chi connectivity index (χ0v) is 6.30. The molecule has 1 rings (SSSR count). The van der Waals surface area contributed by atoms with Gasteiger partial charge in [0.25, 0.3) is 7.82 Å². The lowest BCUT2D eigenvalue weighted by Gasteiger charge is -2.13. The molecule has 0 bridgehead atoms. The van der Waals surface area contributed by atoms with Crippen molar-refractivity contribution < 1.29 is 27.3 Å². The molecule has 1 aliphatic heterocycles. The second-order valence-electron chi connectivity index (χ2n) is 2.10. The molecule has 7 heteroatoms. The lowest BCUT2D eigenvalue weighted by molar-refractivity contribution is -0.215. The Morgan fingerprint density at radius 3 is 2.73 bits per heavy atom. The van der Waals surface area contributed by atoms with Crippen LogP contribution in [-0.2, 0) is 13.6 Å². The van der Waals surface area contributed by atoms with Crippen LogP contribution in [0.1, 0.15) is 6.42 Å². The molecule has 0 saturated carbocycles. The van der Waals surface area contributed by atoms with E-state index in [1.807, 2.05) is 0 Å². The van der Waals surface area contributed by atoms with Crippen LogP contribution in [-0.4, -0.2) is 19.1 Å².